The summed E-state index contributed by atoms with van der Waals surface area (Å²) in [5.41, 5.74) is 1.87. The van der Waals surface area contributed by atoms with Crippen molar-refractivity contribution < 1.29 is 4.79 Å². The average Bonchev–Trinajstić information content (AvgIpc) is 2.84. The molecule has 0 saturated carbocycles. The molecule has 0 saturated heterocycles. The van der Waals surface area contributed by atoms with E-state index in [4.69, 9.17) is 11.6 Å². The van der Waals surface area contributed by atoms with Crippen LogP contribution in [-0.2, 0) is 13.1 Å². The van der Waals surface area contributed by atoms with E-state index in [0.717, 1.165) is 31.5 Å². The van der Waals surface area contributed by atoms with Gasteiger partial charge in [-0.05, 0) is 48.7 Å². The van der Waals surface area contributed by atoms with E-state index in [2.05, 4.69) is 15.4 Å². The molecule has 0 bridgehead atoms. The first-order chi connectivity index (χ1) is 16.3. The molecule has 4 rings (SSSR count). The third-order valence-electron chi connectivity index (χ3n) is 5.31. The standard InChI is InChI=1S/C25H22ClN5O3/c1-16-5-8-18(9-6-16)15-30-24(33)22(23(32)28-14-19-4-3-11-27-13-19)29-31(25(30)34)20-10-7-17(2)21(26)12-20/h3-13H,14-15H2,1-2H3,(H,28,32). The lowest BCUT2D eigenvalue weighted by Gasteiger charge is -2.13. The van der Waals surface area contributed by atoms with Crippen molar-refractivity contribution in [2.45, 2.75) is 26.9 Å². The molecule has 4 aromatic rings. The number of hydrogen-bond acceptors (Lipinski definition) is 5. The van der Waals surface area contributed by atoms with E-state index in [1.807, 2.05) is 38.1 Å². The number of halogens is 1. The lowest BCUT2D eigenvalue weighted by atomic mass is 10.1. The van der Waals surface area contributed by atoms with Crippen molar-refractivity contribution in [1.82, 2.24) is 24.6 Å². The number of aryl methyl sites for hydroxylation is 2. The zero-order valence-corrected chi connectivity index (χ0v) is 19.4. The Kier molecular flexibility index (Phi) is 6.70. The monoisotopic (exact) mass is 475 g/mol. The summed E-state index contributed by atoms with van der Waals surface area (Å²) in [6.45, 7) is 3.92. The van der Waals surface area contributed by atoms with Crippen LogP contribution in [0.3, 0.4) is 0 Å². The highest BCUT2D eigenvalue weighted by Gasteiger charge is 2.21. The van der Waals surface area contributed by atoms with Crippen molar-refractivity contribution in [2.75, 3.05) is 0 Å². The Morgan fingerprint density at radius 2 is 1.79 bits per heavy atom. The Bertz CT molecular complexity index is 1460. The fourth-order valence-corrected chi connectivity index (χ4v) is 3.50. The Labute approximate surface area is 200 Å². The van der Waals surface area contributed by atoms with E-state index < -0.39 is 22.9 Å². The van der Waals surface area contributed by atoms with Crippen LogP contribution in [0.15, 0.2) is 76.6 Å². The smallest absolute Gasteiger partial charge is 0.346 e. The van der Waals surface area contributed by atoms with Crippen molar-refractivity contribution in [2.24, 2.45) is 0 Å². The molecule has 0 aliphatic rings. The maximum absolute atomic E-state index is 13.3. The van der Waals surface area contributed by atoms with Crippen LogP contribution in [-0.4, -0.2) is 25.2 Å². The number of carbonyl (C=O) groups is 1. The predicted octanol–water partition coefficient (Wildman–Crippen LogP) is 3.04. The number of carbonyl (C=O) groups excluding carboxylic acids is 1. The molecule has 0 fully saturated rings. The van der Waals surface area contributed by atoms with Gasteiger partial charge >= 0.3 is 5.69 Å². The third-order valence-corrected chi connectivity index (χ3v) is 5.72. The molecule has 0 unspecified atom stereocenters. The predicted molar refractivity (Wildman–Crippen MR) is 130 cm³/mol. The molecule has 172 valence electrons. The number of nitrogens with zero attached hydrogens (tertiary/aromatic N) is 4. The molecule has 1 N–H and O–H groups in total. The summed E-state index contributed by atoms with van der Waals surface area (Å²) >= 11 is 6.25. The Hall–Kier alpha value is -4.04. The van der Waals surface area contributed by atoms with Crippen LogP contribution in [0.25, 0.3) is 5.69 Å². The van der Waals surface area contributed by atoms with Gasteiger partial charge in [0.15, 0.2) is 0 Å². The van der Waals surface area contributed by atoms with Gasteiger partial charge < -0.3 is 5.32 Å². The van der Waals surface area contributed by atoms with Crippen LogP contribution >= 0.6 is 11.6 Å². The van der Waals surface area contributed by atoms with Crippen molar-refractivity contribution in [3.63, 3.8) is 0 Å². The first kappa shape index (κ1) is 23.1. The van der Waals surface area contributed by atoms with E-state index in [1.165, 1.54) is 0 Å². The SMILES string of the molecule is Cc1ccc(Cn2c(=O)c(C(=O)NCc3cccnc3)nn(-c3ccc(C)c(Cl)c3)c2=O)cc1. The Morgan fingerprint density at radius 3 is 2.47 bits per heavy atom. The molecule has 0 atom stereocenters. The van der Waals surface area contributed by atoms with Crippen molar-refractivity contribution in [3.8, 4) is 5.69 Å². The topological polar surface area (TPSA) is 98.9 Å². The number of pyridine rings is 1. The van der Waals surface area contributed by atoms with Crippen LogP contribution in [0.1, 0.15) is 32.7 Å². The first-order valence-electron chi connectivity index (χ1n) is 10.6. The van der Waals surface area contributed by atoms with E-state index in [0.29, 0.717) is 10.7 Å². The maximum Gasteiger partial charge on any atom is 0.352 e. The van der Waals surface area contributed by atoms with Gasteiger partial charge in [0.05, 0.1) is 12.2 Å². The molecule has 0 radical (unpaired) electrons. The molecular weight excluding hydrogens is 454 g/mol. The van der Waals surface area contributed by atoms with Crippen molar-refractivity contribution in [3.05, 3.63) is 121 Å². The van der Waals surface area contributed by atoms with Gasteiger partial charge in [-0.3, -0.25) is 19.1 Å². The summed E-state index contributed by atoms with van der Waals surface area (Å²) in [5, 5.41) is 7.24. The van der Waals surface area contributed by atoms with Gasteiger partial charge in [-0.2, -0.15) is 9.78 Å². The first-order valence-corrected chi connectivity index (χ1v) is 10.9. The lowest BCUT2D eigenvalue weighted by Crippen LogP contribution is -2.46. The van der Waals surface area contributed by atoms with Crippen LogP contribution in [0.2, 0.25) is 5.02 Å². The number of nitrogens with one attached hydrogen (secondary N) is 1. The molecule has 1 amide bonds. The van der Waals surface area contributed by atoms with Gasteiger partial charge in [-0.25, -0.2) is 4.79 Å². The second-order valence-electron chi connectivity index (χ2n) is 7.90. The molecule has 0 aliphatic carbocycles. The molecule has 9 heteroatoms. The van der Waals surface area contributed by atoms with E-state index in [9.17, 15) is 14.4 Å². The number of hydrogen-bond donors (Lipinski definition) is 1. The second kappa shape index (κ2) is 9.84. The molecule has 34 heavy (non-hydrogen) atoms. The molecule has 2 aromatic heterocycles. The van der Waals surface area contributed by atoms with Crippen LogP contribution in [0.5, 0.6) is 0 Å². The molecule has 0 spiro atoms. The molecule has 8 nitrogen and oxygen atoms in total. The third kappa shape index (κ3) is 4.97. The summed E-state index contributed by atoms with van der Waals surface area (Å²) in [5.74, 6) is -0.696. The molecule has 2 heterocycles. The van der Waals surface area contributed by atoms with E-state index in [1.54, 1.807) is 42.7 Å². The fraction of sp³-hybridized carbons (Fsp3) is 0.160. The van der Waals surface area contributed by atoms with Gasteiger partial charge in [0.1, 0.15) is 0 Å². The summed E-state index contributed by atoms with van der Waals surface area (Å²) in [6.07, 6.45) is 3.23. The van der Waals surface area contributed by atoms with Crippen molar-refractivity contribution >= 4 is 17.5 Å². The van der Waals surface area contributed by atoms with Gasteiger partial charge in [0, 0.05) is 24.0 Å². The number of rotatable bonds is 6. The van der Waals surface area contributed by atoms with E-state index in [-0.39, 0.29) is 13.1 Å². The summed E-state index contributed by atoms with van der Waals surface area (Å²) in [4.78, 5) is 43.5. The number of benzene rings is 2. The minimum Gasteiger partial charge on any atom is -0.346 e. The number of aromatic nitrogens is 4. The zero-order valence-electron chi connectivity index (χ0n) is 18.7. The minimum absolute atomic E-state index is 0.0110. The van der Waals surface area contributed by atoms with Gasteiger partial charge in [-0.1, -0.05) is 53.6 Å². The summed E-state index contributed by atoms with van der Waals surface area (Å²) in [7, 11) is 0. The van der Waals surface area contributed by atoms with Gasteiger partial charge in [-0.15, -0.1) is 0 Å². The molecular formula is C25H22ClN5O3. The number of amides is 1. The normalized spacial score (nSPS) is 10.8. The zero-order chi connectivity index (χ0) is 24.2. The maximum atomic E-state index is 13.3. The molecule has 0 aliphatic heterocycles. The molecule has 2 aromatic carbocycles. The lowest BCUT2D eigenvalue weighted by molar-refractivity contribution is 0.0941. The second-order valence-corrected chi connectivity index (χ2v) is 8.30. The largest absolute Gasteiger partial charge is 0.352 e. The summed E-state index contributed by atoms with van der Waals surface area (Å²) < 4.78 is 2.03. The Morgan fingerprint density at radius 1 is 1.03 bits per heavy atom. The van der Waals surface area contributed by atoms with Crippen LogP contribution in [0, 0.1) is 13.8 Å². The highest BCUT2D eigenvalue weighted by molar-refractivity contribution is 6.31. The highest BCUT2D eigenvalue weighted by Crippen LogP contribution is 2.18. The summed E-state index contributed by atoms with van der Waals surface area (Å²) in [6, 6.07) is 16.0. The quantitative estimate of drug-likeness (QED) is 0.462. The van der Waals surface area contributed by atoms with Gasteiger partial charge in [0.2, 0.25) is 5.69 Å². The van der Waals surface area contributed by atoms with Crippen molar-refractivity contribution in [1.29, 1.82) is 0 Å². The highest BCUT2D eigenvalue weighted by atomic mass is 35.5. The Balaban J connectivity index is 1.80. The van der Waals surface area contributed by atoms with Crippen LogP contribution < -0.4 is 16.6 Å². The van der Waals surface area contributed by atoms with Gasteiger partial charge in [0.25, 0.3) is 11.5 Å². The van der Waals surface area contributed by atoms with Crippen LogP contribution in [0.4, 0.5) is 0 Å². The average molecular weight is 476 g/mol. The van der Waals surface area contributed by atoms with E-state index >= 15 is 0 Å². The minimum atomic E-state index is -0.774. The fourth-order valence-electron chi connectivity index (χ4n) is 3.32.